The molecule has 114 valence electrons. The van der Waals surface area contributed by atoms with E-state index in [0.717, 1.165) is 22.7 Å². The number of pyridine rings is 1. The van der Waals surface area contributed by atoms with E-state index in [9.17, 15) is 0 Å². The Hall–Kier alpha value is -1.09. The second-order valence-corrected chi connectivity index (χ2v) is 7.09. The molecule has 21 heavy (non-hydrogen) atoms. The maximum absolute atomic E-state index is 6.42. The van der Waals surface area contributed by atoms with Crippen LogP contribution in [0.1, 0.15) is 68.9 Å². The van der Waals surface area contributed by atoms with Gasteiger partial charge in [0.25, 0.3) is 0 Å². The molecule has 3 rings (SSSR count). The van der Waals surface area contributed by atoms with Crippen molar-refractivity contribution in [2.24, 2.45) is 5.92 Å². The molecule has 0 spiro atoms. The highest BCUT2D eigenvalue weighted by Crippen LogP contribution is 2.37. The molecule has 1 saturated carbocycles. The molecule has 1 aliphatic rings. The van der Waals surface area contributed by atoms with E-state index in [0.29, 0.717) is 12.0 Å². The second-order valence-electron chi connectivity index (χ2n) is 6.43. The monoisotopic (exact) mass is 305 g/mol. The van der Waals surface area contributed by atoms with E-state index in [1.165, 1.54) is 32.1 Å². The molecule has 2 aromatic heterocycles. The fourth-order valence-electron chi connectivity index (χ4n) is 3.55. The zero-order valence-electron chi connectivity index (χ0n) is 13.1. The molecule has 3 unspecified atom stereocenters. The molecule has 0 radical (unpaired) electrons. The molecule has 1 fully saturated rings. The smallest absolute Gasteiger partial charge is 0.160 e. The highest BCUT2D eigenvalue weighted by Gasteiger charge is 2.27. The SMILES string of the molecule is Cc1ccc2nc(C(C)Cl)n(C3CCCCCC3C)c2n1. The quantitative estimate of drug-likeness (QED) is 0.565. The van der Waals surface area contributed by atoms with E-state index < -0.39 is 0 Å². The maximum atomic E-state index is 6.42. The van der Waals surface area contributed by atoms with Gasteiger partial charge in [0.15, 0.2) is 5.65 Å². The van der Waals surface area contributed by atoms with E-state index in [4.69, 9.17) is 21.6 Å². The van der Waals surface area contributed by atoms with E-state index in [2.05, 4.69) is 17.6 Å². The number of aromatic nitrogens is 3. The van der Waals surface area contributed by atoms with Crippen LogP contribution in [0.5, 0.6) is 0 Å². The molecular weight excluding hydrogens is 282 g/mol. The Morgan fingerprint density at radius 2 is 1.95 bits per heavy atom. The van der Waals surface area contributed by atoms with Crippen LogP contribution in [0.2, 0.25) is 0 Å². The van der Waals surface area contributed by atoms with Crippen LogP contribution in [0.15, 0.2) is 12.1 Å². The average Bonchev–Trinajstić information content (AvgIpc) is 2.68. The fourth-order valence-corrected chi connectivity index (χ4v) is 3.70. The standard InChI is InChI=1S/C17H24ClN3/c1-11-7-5-4-6-8-15(11)21-16(13(3)18)20-14-10-9-12(2)19-17(14)21/h9-11,13,15H,4-8H2,1-3H3. The van der Waals surface area contributed by atoms with Crippen molar-refractivity contribution in [1.29, 1.82) is 0 Å². The summed E-state index contributed by atoms with van der Waals surface area (Å²) in [6.07, 6.45) is 6.45. The lowest BCUT2D eigenvalue weighted by Crippen LogP contribution is -2.19. The molecular formula is C17H24ClN3. The zero-order valence-corrected chi connectivity index (χ0v) is 13.9. The van der Waals surface area contributed by atoms with Crippen molar-refractivity contribution in [3.05, 3.63) is 23.7 Å². The van der Waals surface area contributed by atoms with Gasteiger partial charge in [0.05, 0.1) is 5.38 Å². The lowest BCUT2D eigenvalue weighted by molar-refractivity contribution is 0.331. The van der Waals surface area contributed by atoms with Gasteiger partial charge in [0, 0.05) is 11.7 Å². The molecule has 0 aliphatic heterocycles. The highest BCUT2D eigenvalue weighted by molar-refractivity contribution is 6.20. The van der Waals surface area contributed by atoms with Crippen LogP contribution in [-0.4, -0.2) is 14.5 Å². The summed E-state index contributed by atoms with van der Waals surface area (Å²) in [5, 5.41) is -0.0880. The lowest BCUT2D eigenvalue weighted by Gasteiger charge is -2.26. The third-order valence-electron chi connectivity index (χ3n) is 4.71. The summed E-state index contributed by atoms with van der Waals surface area (Å²) in [7, 11) is 0. The van der Waals surface area contributed by atoms with Crippen molar-refractivity contribution in [1.82, 2.24) is 14.5 Å². The normalized spacial score (nSPS) is 25.0. The molecule has 4 heteroatoms. The summed E-state index contributed by atoms with van der Waals surface area (Å²) in [5.41, 5.74) is 3.02. The molecule has 3 atom stereocenters. The lowest BCUT2D eigenvalue weighted by atomic mass is 9.96. The van der Waals surface area contributed by atoms with Crippen LogP contribution in [0, 0.1) is 12.8 Å². The van der Waals surface area contributed by atoms with Crippen LogP contribution in [0.3, 0.4) is 0 Å². The van der Waals surface area contributed by atoms with Gasteiger partial charge in [-0.2, -0.15) is 0 Å². The van der Waals surface area contributed by atoms with Gasteiger partial charge >= 0.3 is 0 Å². The van der Waals surface area contributed by atoms with Crippen LogP contribution in [-0.2, 0) is 0 Å². The molecule has 0 aromatic carbocycles. The van der Waals surface area contributed by atoms with Crippen molar-refractivity contribution in [2.75, 3.05) is 0 Å². The van der Waals surface area contributed by atoms with Gasteiger partial charge in [-0.1, -0.05) is 26.2 Å². The number of nitrogens with zero attached hydrogens (tertiary/aromatic N) is 3. The summed E-state index contributed by atoms with van der Waals surface area (Å²) in [5.74, 6) is 1.63. The Bertz CT molecular complexity index is 632. The van der Waals surface area contributed by atoms with Gasteiger partial charge in [-0.05, 0) is 44.7 Å². The second kappa shape index (κ2) is 5.96. The van der Waals surface area contributed by atoms with Crippen molar-refractivity contribution in [2.45, 2.75) is 64.3 Å². The minimum absolute atomic E-state index is 0.0880. The van der Waals surface area contributed by atoms with Crippen molar-refractivity contribution < 1.29 is 0 Å². The van der Waals surface area contributed by atoms with Crippen LogP contribution in [0.4, 0.5) is 0 Å². The van der Waals surface area contributed by atoms with Crippen molar-refractivity contribution >= 4 is 22.8 Å². The van der Waals surface area contributed by atoms with Gasteiger partial charge < -0.3 is 4.57 Å². The first-order chi connectivity index (χ1) is 10.1. The number of halogens is 1. The van der Waals surface area contributed by atoms with E-state index in [-0.39, 0.29) is 5.38 Å². The molecule has 2 aromatic rings. The summed E-state index contributed by atoms with van der Waals surface area (Å²) in [6.45, 7) is 6.41. The number of imidazole rings is 1. The Kier molecular flexibility index (Phi) is 4.21. The molecule has 3 nitrogen and oxygen atoms in total. The number of hydrogen-bond donors (Lipinski definition) is 0. The molecule has 0 N–H and O–H groups in total. The fraction of sp³-hybridized carbons (Fsp3) is 0.647. The first-order valence-electron chi connectivity index (χ1n) is 8.07. The molecule has 0 amide bonds. The predicted octanol–water partition coefficient (Wildman–Crippen LogP) is 5.18. The summed E-state index contributed by atoms with van der Waals surface area (Å²) < 4.78 is 2.34. The number of rotatable bonds is 2. The summed E-state index contributed by atoms with van der Waals surface area (Å²) in [6, 6.07) is 4.57. The van der Waals surface area contributed by atoms with Crippen LogP contribution in [0.25, 0.3) is 11.2 Å². The number of hydrogen-bond acceptors (Lipinski definition) is 2. The van der Waals surface area contributed by atoms with E-state index >= 15 is 0 Å². The number of alkyl halides is 1. The highest BCUT2D eigenvalue weighted by atomic mass is 35.5. The minimum atomic E-state index is -0.0880. The van der Waals surface area contributed by atoms with Crippen LogP contribution >= 0.6 is 11.6 Å². The third-order valence-corrected chi connectivity index (χ3v) is 4.90. The molecule has 1 aliphatic carbocycles. The Balaban J connectivity index is 2.17. The third kappa shape index (κ3) is 2.80. The topological polar surface area (TPSA) is 30.7 Å². The van der Waals surface area contributed by atoms with E-state index in [1.54, 1.807) is 0 Å². The number of fused-ring (bicyclic) bond motifs is 1. The average molecular weight is 306 g/mol. The van der Waals surface area contributed by atoms with Crippen molar-refractivity contribution in [3.8, 4) is 0 Å². The van der Waals surface area contributed by atoms with E-state index in [1.807, 2.05) is 19.9 Å². The Morgan fingerprint density at radius 3 is 2.71 bits per heavy atom. The predicted molar refractivity (Wildman–Crippen MR) is 87.8 cm³/mol. The Labute approximate surface area is 131 Å². The van der Waals surface area contributed by atoms with Gasteiger partial charge in [-0.15, -0.1) is 11.6 Å². The number of aryl methyl sites for hydroxylation is 1. The molecule has 0 saturated heterocycles. The first kappa shape index (κ1) is 14.8. The Morgan fingerprint density at radius 1 is 1.19 bits per heavy atom. The first-order valence-corrected chi connectivity index (χ1v) is 8.51. The van der Waals surface area contributed by atoms with Gasteiger partial charge in [0.1, 0.15) is 11.3 Å². The summed E-state index contributed by atoms with van der Waals surface area (Å²) >= 11 is 6.42. The maximum Gasteiger partial charge on any atom is 0.160 e. The van der Waals surface area contributed by atoms with Gasteiger partial charge in [-0.3, -0.25) is 0 Å². The van der Waals surface area contributed by atoms with Gasteiger partial charge in [0.2, 0.25) is 0 Å². The zero-order chi connectivity index (χ0) is 15.0. The van der Waals surface area contributed by atoms with Gasteiger partial charge in [-0.25, -0.2) is 9.97 Å². The minimum Gasteiger partial charge on any atom is -0.308 e. The summed E-state index contributed by atoms with van der Waals surface area (Å²) in [4.78, 5) is 9.52. The molecule has 2 heterocycles. The van der Waals surface area contributed by atoms with Crippen LogP contribution < -0.4 is 0 Å². The molecule has 0 bridgehead atoms. The van der Waals surface area contributed by atoms with Crippen molar-refractivity contribution in [3.63, 3.8) is 0 Å². The largest absolute Gasteiger partial charge is 0.308 e.